The minimum absolute atomic E-state index is 0.0502. The van der Waals surface area contributed by atoms with Gasteiger partial charge in [-0.2, -0.15) is 0 Å². The largest absolute Gasteiger partial charge is 0.490 e. The molecule has 3 saturated heterocycles. The first kappa shape index (κ1) is 27.9. The van der Waals surface area contributed by atoms with E-state index >= 15 is 0 Å². The molecule has 1 spiro atoms. The number of thioether (sulfide) groups is 1. The molecule has 8 heteroatoms. The summed E-state index contributed by atoms with van der Waals surface area (Å²) < 4.78 is 13.3. The molecule has 3 aliphatic heterocycles. The van der Waals surface area contributed by atoms with Crippen molar-refractivity contribution in [2.45, 2.75) is 87.7 Å². The lowest BCUT2D eigenvalue weighted by atomic mass is 9.42. The molecule has 5 fully saturated rings. The van der Waals surface area contributed by atoms with Crippen molar-refractivity contribution in [1.82, 2.24) is 10.2 Å². The molecule has 7 nitrogen and oxygen atoms in total. The summed E-state index contributed by atoms with van der Waals surface area (Å²) >= 11 is 1.99. The SMILES string of the molecule is CC1CCC2C(C)(C)C(N3CCOCC3)C(Sc3ccccc3)CC23OC2=C4C(=N)NC(=O)C4CC(O)C2CC13C. The van der Waals surface area contributed by atoms with E-state index in [9.17, 15) is 9.90 Å². The van der Waals surface area contributed by atoms with Gasteiger partial charge in [-0.25, -0.2) is 0 Å². The monoisotopic (exact) mass is 579 g/mol. The fourth-order valence-corrected chi connectivity index (χ4v) is 11.7. The number of hydrogen-bond acceptors (Lipinski definition) is 7. The Morgan fingerprint density at radius 3 is 2.56 bits per heavy atom. The van der Waals surface area contributed by atoms with Crippen LogP contribution < -0.4 is 5.32 Å². The van der Waals surface area contributed by atoms with Crippen molar-refractivity contribution in [3.63, 3.8) is 0 Å². The van der Waals surface area contributed by atoms with E-state index in [1.807, 2.05) is 11.8 Å². The molecule has 9 atom stereocenters. The number of ether oxygens (including phenoxy) is 2. The quantitative estimate of drug-likeness (QED) is 0.474. The van der Waals surface area contributed by atoms with Gasteiger partial charge in [0.15, 0.2) is 0 Å². The molecular weight excluding hydrogens is 534 g/mol. The van der Waals surface area contributed by atoms with E-state index in [-0.39, 0.29) is 28.5 Å². The van der Waals surface area contributed by atoms with Crippen molar-refractivity contribution < 1.29 is 19.4 Å². The number of nitrogens with one attached hydrogen (secondary N) is 2. The van der Waals surface area contributed by atoms with Crippen molar-refractivity contribution in [1.29, 1.82) is 5.41 Å². The van der Waals surface area contributed by atoms with Crippen LogP contribution in [0.25, 0.3) is 0 Å². The molecule has 3 aliphatic carbocycles. The van der Waals surface area contributed by atoms with Gasteiger partial charge in [-0.15, -0.1) is 11.8 Å². The van der Waals surface area contributed by atoms with Gasteiger partial charge in [0.25, 0.3) is 0 Å². The highest BCUT2D eigenvalue weighted by Gasteiger charge is 2.72. The first-order chi connectivity index (χ1) is 19.6. The van der Waals surface area contributed by atoms with Gasteiger partial charge < -0.3 is 19.9 Å². The van der Waals surface area contributed by atoms with Crippen molar-refractivity contribution in [3.8, 4) is 0 Å². The third-order valence-electron chi connectivity index (χ3n) is 12.2. The van der Waals surface area contributed by atoms with Gasteiger partial charge >= 0.3 is 0 Å². The van der Waals surface area contributed by atoms with E-state index in [4.69, 9.17) is 14.9 Å². The molecule has 0 bridgehead atoms. The van der Waals surface area contributed by atoms with Crippen molar-refractivity contribution in [2.75, 3.05) is 26.3 Å². The maximum Gasteiger partial charge on any atom is 0.233 e. The second-order valence-corrected chi connectivity index (χ2v) is 15.6. The Labute approximate surface area is 248 Å². The lowest BCUT2D eigenvalue weighted by Crippen LogP contribution is -2.74. The minimum Gasteiger partial charge on any atom is -0.490 e. The minimum atomic E-state index is -0.635. The third-order valence-corrected chi connectivity index (χ3v) is 13.4. The number of nitrogens with zero attached hydrogens (tertiary/aromatic N) is 1. The maximum atomic E-state index is 12.8. The fourth-order valence-electron chi connectivity index (χ4n) is 10.1. The maximum absolute atomic E-state index is 12.8. The Balaban J connectivity index is 1.38. The number of amides is 1. The summed E-state index contributed by atoms with van der Waals surface area (Å²) in [5.74, 6) is 0.814. The van der Waals surface area contributed by atoms with Gasteiger partial charge in [0.2, 0.25) is 5.91 Å². The molecule has 2 saturated carbocycles. The van der Waals surface area contributed by atoms with E-state index in [0.29, 0.717) is 35.1 Å². The average Bonchev–Trinajstić information content (AvgIpc) is 3.22. The van der Waals surface area contributed by atoms with E-state index in [1.165, 1.54) is 4.90 Å². The van der Waals surface area contributed by atoms with Gasteiger partial charge in [-0.1, -0.05) is 45.9 Å². The summed E-state index contributed by atoms with van der Waals surface area (Å²) in [5, 5.41) is 23.2. The Morgan fingerprint density at radius 2 is 1.83 bits per heavy atom. The normalized spacial score (nSPS) is 43.8. The van der Waals surface area contributed by atoms with Crippen LogP contribution in [0.3, 0.4) is 0 Å². The lowest BCUT2D eigenvalue weighted by molar-refractivity contribution is -0.274. The van der Waals surface area contributed by atoms with Crippen LogP contribution in [-0.4, -0.2) is 71.0 Å². The van der Waals surface area contributed by atoms with Crippen LogP contribution in [0, 0.1) is 39.9 Å². The zero-order valence-corrected chi connectivity index (χ0v) is 25.6. The van der Waals surface area contributed by atoms with E-state index in [2.05, 4.69) is 68.2 Å². The number of fused-ring (bicyclic) bond motifs is 2. The molecule has 6 aliphatic rings. The second-order valence-electron chi connectivity index (χ2n) is 14.3. The number of benzene rings is 1. The van der Waals surface area contributed by atoms with Crippen LogP contribution in [0.5, 0.6) is 0 Å². The fraction of sp³-hybridized carbons (Fsp3) is 0.697. The number of carbonyl (C=O) groups excluding carboxylic acids is 1. The van der Waals surface area contributed by atoms with Crippen LogP contribution in [0.15, 0.2) is 46.6 Å². The standard InChI is InChI=1S/C33H45N3O4S/c1-19-10-11-25-31(2,3)28(36-12-14-39-15-13-36)24(41-20-8-6-5-7-9-20)18-33(25)32(19,4)17-22-23(37)16-21-26(27(22)40-33)29(34)35-30(21)38/h5-9,19,21-25,28,37H,10-18H2,1-4H3,(H2,34,35,38). The highest BCUT2D eigenvalue weighted by Crippen LogP contribution is 2.70. The van der Waals surface area contributed by atoms with E-state index < -0.39 is 17.6 Å². The van der Waals surface area contributed by atoms with Crippen molar-refractivity contribution in [2.24, 2.45) is 34.5 Å². The number of carbonyl (C=O) groups is 1. The first-order valence-corrected chi connectivity index (χ1v) is 16.5. The number of rotatable bonds is 3. The Kier molecular flexibility index (Phi) is 6.70. The van der Waals surface area contributed by atoms with Gasteiger partial charge in [0, 0.05) is 58.5 Å². The van der Waals surface area contributed by atoms with E-state index in [0.717, 1.165) is 57.7 Å². The molecule has 1 aromatic carbocycles. The second kappa shape index (κ2) is 9.83. The van der Waals surface area contributed by atoms with E-state index in [1.54, 1.807) is 0 Å². The smallest absolute Gasteiger partial charge is 0.233 e. The molecule has 3 N–H and O–H groups in total. The summed E-state index contributed by atoms with van der Waals surface area (Å²) in [5.41, 5.74) is 0.0692. The van der Waals surface area contributed by atoms with Crippen LogP contribution in [0.1, 0.15) is 59.8 Å². The Bertz CT molecular complexity index is 1260. The predicted octanol–water partition coefficient (Wildman–Crippen LogP) is 4.85. The molecule has 1 amide bonds. The van der Waals surface area contributed by atoms with Crippen molar-refractivity contribution >= 4 is 23.5 Å². The zero-order chi connectivity index (χ0) is 28.7. The molecule has 0 aromatic heterocycles. The summed E-state index contributed by atoms with van der Waals surface area (Å²) in [7, 11) is 0. The Hall–Kier alpha value is -1.87. The highest BCUT2D eigenvalue weighted by molar-refractivity contribution is 8.00. The molecular formula is C33H45N3O4S. The molecule has 3 heterocycles. The summed E-state index contributed by atoms with van der Waals surface area (Å²) in [6, 6.07) is 11.1. The number of hydrogen-bond donors (Lipinski definition) is 3. The van der Waals surface area contributed by atoms with Crippen LogP contribution in [-0.2, 0) is 14.3 Å². The molecule has 222 valence electrons. The average molecular weight is 580 g/mol. The predicted molar refractivity (Wildman–Crippen MR) is 160 cm³/mol. The molecule has 9 unspecified atom stereocenters. The summed E-state index contributed by atoms with van der Waals surface area (Å²) in [4.78, 5) is 16.8. The van der Waals surface area contributed by atoms with Crippen molar-refractivity contribution in [3.05, 3.63) is 41.7 Å². The van der Waals surface area contributed by atoms with Crippen LogP contribution >= 0.6 is 11.8 Å². The lowest BCUT2D eigenvalue weighted by Gasteiger charge is -2.71. The van der Waals surface area contributed by atoms with Gasteiger partial charge in [-0.3, -0.25) is 15.1 Å². The van der Waals surface area contributed by atoms with Gasteiger partial charge in [-0.05, 0) is 49.1 Å². The molecule has 0 radical (unpaired) electrons. The third kappa shape index (κ3) is 4.03. The molecule has 41 heavy (non-hydrogen) atoms. The van der Waals surface area contributed by atoms with Crippen LogP contribution in [0.2, 0.25) is 0 Å². The number of aliphatic hydroxyl groups excluding tert-OH is 1. The van der Waals surface area contributed by atoms with Crippen LogP contribution in [0.4, 0.5) is 0 Å². The number of aliphatic hydroxyl groups is 1. The topological polar surface area (TPSA) is 94.9 Å². The Morgan fingerprint density at radius 1 is 1.10 bits per heavy atom. The number of amidine groups is 1. The molecule has 7 rings (SSSR count). The number of morpholine rings is 1. The zero-order valence-electron chi connectivity index (χ0n) is 24.8. The molecule has 1 aromatic rings. The van der Waals surface area contributed by atoms with Gasteiger partial charge in [0.1, 0.15) is 17.2 Å². The first-order valence-electron chi connectivity index (χ1n) is 15.6. The van der Waals surface area contributed by atoms with Gasteiger partial charge in [0.05, 0.1) is 25.2 Å². The highest BCUT2D eigenvalue weighted by atomic mass is 32.2. The summed E-state index contributed by atoms with van der Waals surface area (Å²) in [6.45, 7) is 13.2. The summed E-state index contributed by atoms with van der Waals surface area (Å²) in [6.07, 6.45) is 3.72.